The average Bonchev–Trinajstić information content (AvgIpc) is 3.21. The predicted molar refractivity (Wildman–Crippen MR) is 148 cm³/mol. The molecule has 1 aliphatic heterocycles. The summed E-state index contributed by atoms with van der Waals surface area (Å²) in [4.78, 5) is 29.2. The van der Waals surface area contributed by atoms with Crippen molar-refractivity contribution in [2.45, 2.75) is 45.2 Å². The van der Waals surface area contributed by atoms with Gasteiger partial charge in [0.05, 0.1) is 30.7 Å². The molecular weight excluding hydrogens is 502 g/mol. The number of carbonyl (C=O) groups excluding carboxylic acids is 1. The molecular formula is C31H30ClNO5. The molecule has 0 saturated heterocycles. The number of hydrogen-bond acceptors (Lipinski definition) is 5. The molecule has 0 fully saturated rings. The van der Waals surface area contributed by atoms with Gasteiger partial charge in [0.2, 0.25) is 5.76 Å². The van der Waals surface area contributed by atoms with E-state index in [9.17, 15) is 9.59 Å². The zero-order valence-corrected chi connectivity index (χ0v) is 22.3. The van der Waals surface area contributed by atoms with Crippen molar-refractivity contribution in [3.05, 3.63) is 104 Å². The Hall–Kier alpha value is -3.77. The number of benzene rings is 3. The lowest BCUT2D eigenvalue weighted by Gasteiger charge is -2.26. The van der Waals surface area contributed by atoms with Crippen molar-refractivity contribution in [3.63, 3.8) is 0 Å². The van der Waals surface area contributed by atoms with Gasteiger partial charge in [-0.3, -0.25) is 9.59 Å². The van der Waals surface area contributed by atoms with Crippen LogP contribution in [0.25, 0.3) is 11.0 Å². The maximum Gasteiger partial charge on any atom is 0.291 e. The van der Waals surface area contributed by atoms with Crippen LogP contribution in [-0.2, 0) is 6.54 Å². The summed E-state index contributed by atoms with van der Waals surface area (Å²) in [5.74, 6) is 0.898. The number of hydrogen-bond donors (Lipinski definition) is 0. The third-order valence-electron chi connectivity index (χ3n) is 6.88. The first kappa shape index (κ1) is 25.9. The largest absolute Gasteiger partial charge is 0.493 e. The van der Waals surface area contributed by atoms with Gasteiger partial charge in [0.1, 0.15) is 5.58 Å². The molecule has 0 saturated carbocycles. The van der Waals surface area contributed by atoms with Crippen LogP contribution in [-0.4, -0.2) is 24.5 Å². The van der Waals surface area contributed by atoms with Crippen LogP contribution < -0.4 is 14.9 Å². The molecule has 0 bridgehead atoms. The molecule has 1 unspecified atom stereocenters. The van der Waals surface area contributed by atoms with E-state index >= 15 is 0 Å². The Bertz CT molecular complexity index is 1510. The number of rotatable bonds is 10. The average molecular weight is 532 g/mol. The summed E-state index contributed by atoms with van der Waals surface area (Å²) < 4.78 is 17.7. The minimum absolute atomic E-state index is 0.0565. The fourth-order valence-corrected chi connectivity index (χ4v) is 5.14. The van der Waals surface area contributed by atoms with E-state index in [-0.39, 0.29) is 17.1 Å². The van der Waals surface area contributed by atoms with E-state index in [1.165, 1.54) is 6.42 Å². The van der Waals surface area contributed by atoms with Gasteiger partial charge in [-0.2, -0.15) is 0 Å². The minimum Gasteiger partial charge on any atom is -0.493 e. The van der Waals surface area contributed by atoms with Gasteiger partial charge in [0.15, 0.2) is 16.9 Å². The van der Waals surface area contributed by atoms with Crippen molar-refractivity contribution in [1.29, 1.82) is 0 Å². The van der Waals surface area contributed by atoms with Crippen molar-refractivity contribution in [2.24, 2.45) is 0 Å². The Kier molecular flexibility index (Phi) is 7.70. The highest BCUT2D eigenvalue weighted by molar-refractivity contribution is 6.31. The Labute approximate surface area is 226 Å². The third kappa shape index (κ3) is 5.01. The van der Waals surface area contributed by atoms with E-state index in [0.29, 0.717) is 46.2 Å². The summed E-state index contributed by atoms with van der Waals surface area (Å²) in [7, 11) is 1.59. The van der Waals surface area contributed by atoms with E-state index in [1.807, 2.05) is 48.5 Å². The van der Waals surface area contributed by atoms with E-state index < -0.39 is 6.04 Å². The number of amides is 1. The molecule has 0 spiro atoms. The molecule has 1 aromatic heterocycles. The number of carbonyl (C=O) groups is 1. The van der Waals surface area contributed by atoms with E-state index in [1.54, 1.807) is 30.2 Å². The zero-order chi connectivity index (χ0) is 26.6. The van der Waals surface area contributed by atoms with Crippen LogP contribution in [0.5, 0.6) is 11.5 Å². The van der Waals surface area contributed by atoms with Gasteiger partial charge in [-0.1, -0.05) is 74.2 Å². The fourth-order valence-electron chi connectivity index (χ4n) is 4.97. The first-order valence-corrected chi connectivity index (χ1v) is 13.3. The van der Waals surface area contributed by atoms with E-state index in [4.69, 9.17) is 25.5 Å². The molecule has 2 heterocycles. The Balaban J connectivity index is 1.58. The highest BCUT2D eigenvalue weighted by atomic mass is 35.5. The number of unbranched alkanes of at least 4 members (excludes halogenated alkanes) is 3. The molecule has 0 N–H and O–H groups in total. The van der Waals surface area contributed by atoms with Gasteiger partial charge in [-0.25, -0.2) is 0 Å². The highest BCUT2D eigenvalue weighted by Crippen LogP contribution is 2.42. The Morgan fingerprint density at radius 3 is 2.53 bits per heavy atom. The lowest BCUT2D eigenvalue weighted by molar-refractivity contribution is 0.0714. The van der Waals surface area contributed by atoms with Crippen molar-refractivity contribution in [1.82, 2.24) is 4.90 Å². The number of ether oxygens (including phenoxy) is 2. The van der Waals surface area contributed by atoms with Gasteiger partial charge in [-0.15, -0.1) is 0 Å². The summed E-state index contributed by atoms with van der Waals surface area (Å²) in [6.45, 7) is 3.08. The molecule has 1 amide bonds. The second-order valence-electron chi connectivity index (χ2n) is 9.46. The second kappa shape index (κ2) is 11.3. The summed E-state index contributed by atoms with van der Waals surface area (Å²) in [6.07, 6.45) is 4.41. The first-order valence-electron chi connectivity index (χ1n) is 12.9. The van der Waals surface area contributed by atoms with Crippen LogP contribution in [0.3, 0.4) is 0 Å². The predicted octanol–water partition coefficient (Wildman–Crippen LogP) is 7.16. The molecule has 1 aliphatic rings. The van der Waals surface area contributed by atoms with Crippen molar-refractivity contribution >= 4 is 28.5 Å². The van der Waals surface area contributed by atoms with Crippen molar-refractivity contribution < 1.29 is 18.7 Å². The normalized spacial score (nSPS) is 14.7. The van der Waals surface area contributed by atoms with Gasteiger partial charge < -0.3 is 18.8 Å². The van der Waals surface area contributed by atoms with Crippen LogP contribution in [0, 0.1) is 0 Å². The number of nitrogens with zero attached hydrogens (tertiary/aromatic N) is 1. The summed E-state index contributed by atoms with van der Waals surface area (Å²) >= 11 is 6.20. The third-order valence-corrected chi connectivity index (χ3v) is 7.12. The van der Waals surface area contributed by atoms with Crippen LogP contribution in [0.4, 0.5) is 0 Å². The summed E-state index contributed by atoms with van der Waals surface area (Å²) in [5.41, 5.74) is 2.04. The van der Waals surface area contributed by atoms with Gasteiger partial charge in [0.25, 0.3) is 5.91 Å². The lowest BCUT2D eigenvalue weighted by atomic mass is 9.97. The minimum atomic E-state index is -0.662. The van der Waals surface area contributed by atoms with Crippen LogP contribution in [0.15, 0.2) is 75.9 Å². The summed E-state index contributed by atoms with van der Waals surface area (Å²) in [6, 6.07) is 19.4. The van der Waals surface area contributed by atoms with Crippen LogP contribution in [0.2, 0.25) is 5.02 Å². The Morgan fingerprint density at radius 1 is 0.947 bits per heavy atom. The molecule has 3 aromatic carbocycles. The summed E-state index contributed by atoms with van der Waals surface area (Å²) in [5, 5.41) is 0.767. The second-order valence-corrected chi connectivity index (χ2v) is 9.89. The standard InChI is InChI=1S/C31H30ClNO5/c1-3-4-5-9-16-37-25-14-12-21(17-26(25)36-2)28-27-29(34)23-18-22(32)13-15-24(23)38-30(27)31(35)33(28)19-20-10-7-6-8-11-20/h6-8,10-15,17-18,28H,3-5,9,16,19H2,1-2H3. The smallest absolute Gasteiger partial charge is 0.291 e. The van der Waals surface area contributed by atoms with Crippen molar-refractivity contribution in [2.75, 3.05) is 13.7 Å². The number of methoxy groups -OCH3 is 1. The van der Waals surface area contributed by atoms with Crippen LogP contribution in [0.1, 0.15) is 65.9 Å². The molecule has 4 aromatic rings. The fraction of sp³-hybridized carbons (Fsp3) is 0.290. The Morgan fingerprint density at radius 2 is 1.76 bits per heavy atom. The highest BCUT2D eigenvalue weighted by Gasteiger charge is 2.43. The molecule has 6 nitrogen and oxygen atoms in total. The first-order chi connectivity index (χ1) is 18.5. The molecule has 196 valence electrons. The quantitative estimate of drug-likeness (QED) is 0.203. The van der Waals surface area contributed by atoms with Crippen molar-refractivity contribution in [3.8, 4) is 11.5 Å². The molecule has 0 radical (unpaired) electrons. The molecule has 0 aliphatic carbocycles. The monoisotopic (exact) mass is 531 g/mol. The number of halogens is 1. The lowest BCUT2D eigenvalue weighted by Crippen LogP contribution is -2.29. The molecule has 5 rings (SSSR count). The SMILES string of the molecule is CCCCCCOc1ccc(C2c3c(oc4ccc(Cl)cc4c3=O)C(=O)N2Cc2ccccc2)cc1OC. The molecule has 1 atom stereocenters. The molecule has 38 heavy (non-hydrogen) atoms. The van der Waals surface area contributed by atoms with Gasteiger partial charge in [0, 0.05) is 11.6 Å². The topological polar surface area (TPSA) is 69.0 Å². The maximum atomic E-state index is 13.8. The van der Waals surface area contributed by atoms with Crippen LogP contribution >= 0.6 is 11.6 Å². The zero-order valence-electron chi connectivity index (χ0n) is 21.5. The van der Waals surface area contributed by atoms with E-state index in [2.05, 4.69) is 6.92 Å². The van der Waals surface area contributed by atoms with Gasteiger partial charge in [-0.05, 0) is 47.9 Å². The maximum absolute atomic E-state index is 13.8. The molecule has 7 heteroatoms. The number of fused-ring (bicyclic) bond motifs is 2. The van der Waals surface area contributed by atoms with E-state index in [0.717, 1.165) is 30.4 Å². The van der Waals surface area contributed by atoms with Gasteiger partial charge >= 0.3 is 0 Å².